The first-order valence-corrected chi connectivity index (χ1v) is 10.4. The van der Waals surface area contributed by atoms with E-state index in [-0.39, 0.29) is 12.0 Å². The number of benzene rings is 3. The van der Waals surface area contributed by atoms with Crippen LogP contribution in [-0.4, -0.2) is 35.0 Å². The van der Waals surface area contributed by atoms with Crippen molar-refractivity contribution in [3.8, 4) is 11.1 Å². The van der Waals surface area contributed by atoms with Gasteiger partial charge in [-0.25, -0.2) is 9.97 Å². The van der Waals surface area contributed by atoms with Gasteiger partial charge in [0.25, 0.3) is 5.91 Å². The molecule has 0 bridgehead atoms. The summed E-state index contributed by atoms with van der Waals surface area (Å²) in [6, 6.07) is 24.7. The maximum Gasteiger partial charge on any atom is 0.250 e. The summed E-state index contributed by atoms with van der Waals surface area (Å²) in [4.78, 5) is 20.5. The molecule has 1 amide bonds. The lowest BCUT2D eigenvalue weighted by Gasteiger charge is -2.22. The van der Waals surface area contributed by atoms with Gasteiger partial charge in [0.1, 0.15) is 12.1 Å². The maximum absolute atomic E-state index is 11.8. The van der Waals surface area contributed by atoms with Gasteiger partial charge in [-0.2, -0.15) is 0 Å². The Labute approximate surface area is 180 Å². The summed E-state index contributed by atoms with van der Waals surface area (Å²) in [7, 11) is 0. The van der Waals surface area contributed by atoms with Crippen LogP contribution in [0.3, 0.4) is 0 Å². The Morgan fingerprint density at radius 3 is 2.58 bits per heavy atom. The summed E-state index contributed by atoms with van der Waals surface area (Å²) >= 11 is 0. The first-order valence-electron chi connectivity index (χ1n) is 10.4. The number of carbonyl (C=O) groups excluding carboxylic acids is 1. The second-order valence-electron chi connectivity index (χ2n) is 7.80. The summed E-state index contributed by atoms with van der Waals surface area (Å²) in [5.74, 6) is 0.507. The van der Waals surface area contributed by atoms with Gasteiger partial charge in [-0.05, 0) is 28.8 Å². The van der Waals surface area contributed by atoms with Gasteiger partial charge in [-0.3, -0.25) is 4.79 Å². The number of fused-ring (bicyclic) bond motifs is 1. The average Bonchev–Trinajstić information content (AvgIpc) is 3.28. The molecule has 0 radical (unpaired) electrons. The molecule has 4 N–H and O–H groups in total. The van der Waals surface area contributed by atoms with E-state index < -0.39 is 5.91 Å². The van der Waals surface area contributed by atoms with Crippen LogP contribution in [0, 0.1) is 0 Å². The van der Waals surface area contributed by atoms with Crippen LogP contribution in [0.15, 0.2) is 79.1 Å². The van der Waals surface area contributed by atoms with Gasteiger partial charge in [-0.15, -0.1) is 0 Å². The zero-order valence-corrected chi connectivity index (χ0v) is 17.0. The van der Waals surface area contributed by atoms with E-state index in [1.807, 2.05) is 18.2 Å². The maximum atomic E-state index is 11.8. The van der Waals surface area contributed by atoms with Crippen molar-refractivity contribution in [1.82, 2.24) is 15.3 Å². The molecule has 1 aliphatic rings. The Morgan fingerprint density at radius 2 is 1.74 bits per heavy atom. The zero-order valence-electron chi connectivity index (χ0n) is 17.0. The summed E-state index contributed by atoms with van der Waals surface area (Å²) in [6.45, 7) is 1.70. The van der Waals surface area contributed by atoms with Crippen molar-refractivity contribution >= 4 is 22.6 Å². The second-order valence-corrected chi connectivity index (χ2v) is 7.80. The highest BCUT2D eigenvalue weighted by Crippen LogP contribution is 2.31. The van der Waals surface area contributed by atoms with Crippen molar-refractivity contribution in [2.24, 2.45) is 5.73 Å². The number of primary amides is 1. The minimum atomic E-state index is -0.492. The highest BCUT2D eigenvalue weighted by atomic mass is 16.1. The van der Waals surface area contributed by atoms with E-state index in [1.54, 1.807) is 6.07 Å². The van der Waals surface area contributed by atoms with Crippen molar-refractivity contribution < 1.29 is 4.79 Å². The normalized spacial score (nSPS) is 18.2. The number of nitrogens with one attached hydrogen (secondary N) is 2. The molecule has 1 fully saturated rings. The Morgan fingerprint density at radius 1 is 0.935 bits per heavy atom. The van der Waals surface area contributed by atoms with Gasteiger partial charge in [0, 0.05) is 30.4 Å². The van der Waals surface area contributed by atoms with Crippen LogP contribution in [0.4, 0.5) is 5.82 Å². The van der Waals surface area contributed by atoms with Gasteiger partial charge in [0.15, 0.2) is 0 Å². The SMILES string of the molecule is NC(=O)c1cccc2c(N[C@H]3CNC[C@@H]3c3cccc(-c4ccccc4)c3)ncnc12. The molecule has 0 aliphatic carbocycles. The number of para-hydroxylation sites is 1. The Kier molecular flexibility index (Phi) is 5.06. The van der Waals surface area contributed by atoms with Gasteiger partial charge < -0.3 is 16.4 Å². The summed E-state index contributed by atoms with van der Waals surface area (Å²) in [5.41, 5.74) is 10.2. The molecule has 2 atom stereocenters. The lowest BCUT2D eigenvalue weighted by molar-refractivity contribution is 0.100. The van der Waals surface area contributed by atoms with E-state index in [9.17, 15) is 4.79 Å². The quantitative estimate of drug-likeness (QED) is 0.469. The van der Waals surface area contributed by atoms with E-state index in [4.69, 9.17) is 5.73 Å². The largest absolute Gasteiger partial charge is 0.366 e. The Hall–Kier alpha value is -3.77. The number of amides is 1. The molecule has 5 rings (SSSR count). The highest BCUT2D eigenvalue weighted by molar-refractivity contribution is 6.06. The number of hydrogen-bond donors (Lipinski definition) is 3. The minimum absolute atomic E-state index is 0.154. The third kappa shape index (κ3) is 3.73. The first-order chi connectivity index (χ1) is 15.2. The van der Waals surface area contributed by atoms with E-state index in [1.165, 1.54) is 23.0 Å². The Balaban J connectivity index is 1.46. The molecule has 1 aliphatic heterocycles. The van der Waals surface area contributed by atoms with Crippen molar-refractivity contribution in [1.29, 1.82) is 0 Å². The van der Waals surface area contributed by atoms with Gasteiger partial charge in [-0.1, -0.05) is 60.7 Å². The lowest BCUT2D eigenvalue weighted by Crippen LogP contribution is -2.27. The third-order valence-corrected chi connectivity index (χ3v) is 5.89. The monoisotopic (exact) mass is 409 g/mol. The molecule has 154 valence electrons. The molecular weight excluding hydrogens is 386 g/mol. The molecule has 0 unspecified atom stereocenters. The van der Waals surface area contributed by atoms with Gasteiger partial charge >= 0.3 is 0 Å². The van der Waals surface area contributed by atoms with Crippen LogP contribution >= 0.6 is 0 Å². The van der Waals surface area contributed by atoms with Crippen LogP contribution in [0.2, 0.25) is 0 Å². The van der Waals surface area contributed by atoms with Crippen molar-refractivity contribution in [2.75, 3.05) is 18.4 Å². The van der Waals surface area contributed by atoms with Crippen molar-refractivity contribution in [2.45, 2.75) is 12.0 Å². The topological polar surface area (TPSA) is 92.9 Å². The number of anilines is 1. The average molecular weight is 409 g/mol. The summed E-state index contributed by atoms with van der Waals surface area (Å²) in [5, 5.41) is 7.88. The number of nitrogens with two attached hydrogens (primary N) is 1. The predicted octanol–water partition coefficient (Wildman–Crippen LogP) is 3.56. The van der Waals surface area contributed by atoms with Crippen LogP contribution in [-0.2, 0) is 0 Å². The van der Waals surface area contributed by atoms with Crippen LogP contribution in [0.1, 0.15) is 21.8 Å². The molecule has 1 aromatic heterocycles. The fourth-order valence-electron chi connectivity index (χ4n) is 4.34. The molecule has 3 aromatic carbocycles. The van der Waals surface area contributed by atoms with Crippen molar-refractivity contribution in [3.63, 3.8) is 0 Å². The van der Waals surface area contributed by atoms with Gasteiger partial charge in [0.05, 0.1) is 11.1 Å². The van der Waals surface area contributed by atoms with Crippen LogP contribution in [0.25, 0.3) is 22.0 Å². The number of nitrogens with zero attached hydrogens (tertiary/aromatic N) is 2. The minimum Gasteiger partial charge on any atom is -0.366 e. The molecule has 4 aromatic rings. The van der Waals surface area contributed by atoms with E-state index in [0.29, 0.717) is 16.9 Å². The number of rotatable bonds is 5. The third-order valence-electron chi connectivity index (χ3n) is 5.89. The van der Waals surface area contributed by atoms with E-state index in [0.717, 1.165) is 18.5 Å². The molecular formula is C25H23N5O. The predicted molar refractivity (Wildman–Crippen MR) is 123 cm³/mol. The van der Waals surface area contributed by atoms with Crippen LogP contribution in [0.5, 0.6) is 0 Å². The van der Waals surface area contributed by atoms with Crippen LogP contribution < -0.4 is 16.4 Å². The van der Waals surface area contributed by atoms with E-state index in [2.05, 4.69) is 69.1 Å². The number of aromatic nitrogens is 2. The summed E-state index contributed by atoms with van der Waals surface area (Å²) < 4.78 is 0. The molecule has 31 heavy (non-hydrogen) atoms. The lowest BCUT2D eigenvalue weighted by atomic mass is 9.91. The fraction of sp³-hybridized carbons (Fsp3) is 0.160. The molecule has 1 saturated heterocycles. The first kappa shape index (κ1) is 19.2. The Bertz CT molecular complexity index is 1240. The van der Waals surface area contributed by atoms with Gasteiger partial charge in [0.2, 0.25) is 0 Å². The molecule has 0 spiro atoms. The fourth-order valence-corrected chi connectivity index (χ4v) is 4.34. The van der Waals surface area contributed by atoms with Crippen molar-refractivity contribution in [3.05, 3.63) is 90.3 Å². The molecule has 6 heteroatoms. The molecule has 6 nitrogen and oxygen atoms in total. The standard InChI is InChI=1S/C25H23N5O/c26-24(31)19-10-5-11-20-23(19)28-15-29-25(20)30-22-14-27-13-21(22)18-9-4-8-17(12-18)16-6-2-1-3-7-16/h1-12,15,21-22,27H,13-14H2,(H2,26,31)(H,28,29,30)/t21-,22+/m1/s1. The molecule has 2 heterocycles. The number of carbonyl (C=O) groups is 1. The molecule has 0 saturated carbocycles. The zero-order chi connectivity index (χ0) is 21.2. The summed E-state index contributed by atoms with van der Waals surface area (Å²) in [6.07, 6.45) is 1.48. The highest BCUT2D eigenvalue weighted by Gasteiger charge is 2.29. The smallest absolute Gasteiger partial charge is 0.250 e. The van der Waals surface area contributed by atoms with E-state index >= 15 is 0 Å². The second kappa shape index (κ2) is 8.16. The number of hydrogen-bond acceptors (Lipinski definition) is 5.